The number of hydrogen-bond acceptors (Lipinski definition) is 2. The number of hydroxylamine groups is 3. The molecule has 1 unspecified atom stereocenters. The SMILES string of the molecule is O=C1CCC[C@H]2[C@@H]3CCC[N+]4([O-])CCC[C@H](CN12)[C@H]34. The molecular formula is C15H24N2O2. The summed E-state index contributed by atoms with van der Waals surface area (Å²) >= 11 is 0. The van der Waals surface area contributed by atoms with Crippen LogP contribution in [0.25, 0.3) is 0 Å². The Hall–Kier alpha value is -0.610. The zero-order valence-corrected chi connectivity index (χ0v) is 11.6. The van der Waals surface area contributed by atoms with Crippen molar-refractivity contribution in [1.82, 2.24) is 4.90 Å². The maximum absolute atomic E-state index is 13.1. The van der Waals surface area contributed by atoms with E-state index in [1.807, 2.05) is 0 Å². The minimum absolute atomic E-state index is 0.0772. The lowest BCUT2D eigenvalue weighted by atomic mass is 9.67. The Morgan fingerprint density at radius 3 is 2.74 bits per heavy atom. The Morgan fingerprint density at radius 2 is 1.89 bits per heavy atom. The number of hydrogen-bond donors (Lipinski definition) is 0. The van der Waals surface area contributed by atoms with E-state index in [1.165, 1.54) is 12.8 Å². The molecular weight excluding hydrogens is 240 g/mol. The molecule has 4 aliphatic heterocycles. The van der Waals surface area contributed by atoms with Crippen LogP contribution >= 0.6 is 0 Å². The first kappa shape index (κ1) is 12.2. The first-order chi connectivity index (χ1) is 9.19. The van der Waals surface area contributed by atoms with Gasteiger partial charge in [-0.05, 0) is 38.5 Å². The van der Waals surface area contributed by atoms with Crippen molar-refractivity contribution in [2.45, 2.75) is 57.0 Å². The van der Waals surface area contributed by atoms with Crippen molar-refractivity contribution in [2.75, 3.05) is 19.6 Å². The molecule has 0 aromatic heterocycles. The average Bonchev–Trinajstić information content (AvgIpc) is 2.40. The summed E-state index contributed by atoms with van der Waals surface area (Å²) in [6.45, 7) is 2.55. The largest absolute Gasteiger partial charge is 0.633 e. The maximum atomic E-state index is 13.1. The highest BCUT2D eigenvalue weighted by atomic mass is 16.5. The van der Waals surface area contributed by atoms with Crippen LogP contribution in [-0.4, -0.2) is 47.2 Å². The number of amides is 1. The summed E-state index contributed by atoms with van der Waals surface area (Å²) in [5, 5.41) is 13.1. The second-order valence-electron chi connectivity index (χ2n) is 7.10. The molecule has 106 valence electrons. The van der Waals surface area contributed by atoms with Gasteiger partial charge in [-0.1, -0.05) is 0 Å². The van der Waals surface area contributed by atoms with Gasteiger partial charge in [0.05, 0.1) is 19.1 Å². The lowest BCUT2D eigenvalue weighted by Gasteiger charge is -2.64. The highest BCUT2D eigenvalue weighted by Crippen LogP contribution is 2.47. The molecule has 0 bridgehead atoms. The Bertz CT molecular complexity index is 396. The van der Waals surface area contributed by atoms with E-state index in [-0.39, 0.29) is 4.65 Å². The third-order valence-electron chi connectivity index (χ3n) is 6.19. The van der Waals surface area contributed by atoms with Gasteiger partial charge in [-0.15, -0.1) is 0 Å². The first-order valence-corrected chi connectivity index (χ1v) is 8.06. The monoisotopic (exact) mass is 264 g/mol. The first-order valence-electron chi connectivity index (χ1n) is 8.06. The summed E-state index contributed by atoms with van der Waals surface area (Å²) in [5.41, 5.74) is 0. The van der Waals surface area contributed by atoms with E-state index in [0.29, 0.717) is 29.8 Å². The van der Waals surface area contributed by atoms with Crippen molar-refractivity contribution in [3.05, 3.63) is 5.21 Å². The van der Waals surface area contributed by atoms with E-state index < -0.39 is 0 Å². The molecule has 0 aromatic rings. The minimum atomic E-state index is 0.0772. The predicted octanol–water partition coefficient (Wildman–Crippen LogP) is 1.88. The molecule has 19 heavy (non-hydrogen) atoms. The molecule has 4 fully saturated rings. The van der Waals surface area contributed by atoms with Crippen molar-refractivity contribution in [3.8, 4) is 0 Å². The molecule has 4 heterocycles. The van der Waals surface area contributed by atoms with E-state index in [9.17, 15) is 10.0 Å². The Labute approximate surface area is 114 Å². The number of fused-ring (bicyclic) bond motifs is 2. The molecule has 4 heteroatoms. The van der Waals surface area contributed by atoms with E-state index >= 15 is 0 Å². The molecule has 0 radical (unpaired) electrons. The van der Waals surface area contributed by atoms with Crippen LogP contribution < -0.4 is 0 Å². The van der Waals surface area contributed by atoms with Gasteiger partial charge >= 0.3 is 0 Å². The number of quaternary nitrogens is 1. The summed E-state index contributed by atoms with van der Waals surface area (Å²) in [4.78, 5) is 14.3. The fourth-order valence-corrected chi connectivity index (χ4v) is 5.55. The number of carbonyl (C=O) groups is 1. The minimum Gasteiger partial charge on any atom is -0.633 e. The van der Waals surface area contributed by atoms with Gasteiger partial charge in [0.2, 0.25) is 5.91 Å². The smallest absolute Gasteiger partial charge is 0.222 e. The fraction of sp³-hybridized carbons (Fsp3) is 0.933. The average molecular weight is 264 g/mol. The van der Waals surface area contributed by atoms with Crippen molar-refractivity contribution in [3.63, 3.8) is 0 Å². The quantitative estimate of drug-likeness (QED) is 0.495. The Balaban J connectivity index is 1.69. The van der Waals surface area contributed by atoms with E-state index in [1.54, 1.807) is 0 Å². The van der Waals surface area contributed by atoms with Crippen LogP contribution in [0, 0.1) is 17.0 Å². The number of nitrogens with zero attached hydrogens (tertiary/aromatic N) is 2. The standard InChI is InChI=1S/C15H24N2O2/c18-14-7-1-6-13-12-5-3-9-17(19)8-2-4-11(15(12)17)10-16(13)14/h11-13,15H,1-10H2/t11-,12+,13+,15-,17?/m1/s1. The summed E-state index contributed by atoms with van der Waals surface area (Å²) < 4.78 is 0.0772. The van der Waals surface area contributed by atoms with Gasteiger partial charge in [0.15, 0.2) is 0 Å². The van der Waals surface area contributed by atoms with Crippen molar-refractivity contribution in [1.29, 1.82) is 0 Å². The molecule has 1 amide bonds. The number of carbonyl (C=O) groups excluding carboxylic acids is 1. The molecule has 5 atom stereocenters. The van der Waals surface area contributed by atoms with Crippen molar-refractivity contribution in [2.24, 2.45) is 11.8 Å². The summed E-state index contributed by atoms with van der Waals surface area (Å²) in [5.74, 6) is 1.33. The van der Waals surface area contributed by atoms with Crippen LogP contribution in [0.2, 0.25) is 0 Å². The molecule has 0 aliphatic carbocycles. The van der Waals surface area contributed by atoms with Crippen LogP contribution in [0.4, 0.5) is 0 Å². The Morgan fingerprint density at radius 1 is 1.11 bits per heavy atom. The molecule has 4 saturated heterocycles. The third kappa shape index (κ3) is 1.69. The van der Waals surface area contributed by atoms with Gasteiger partial charge in [0.1, 0.15) is 0 Å². The lowest BCUT2D eigenvalue weighted by Crippen LogP contribution is -2.71. The normalized spacial score (nSPS) is 49.5. The predicted molar refractivity (Wildman–Crippen MR) is 71.9 cm³/mol. The maximum Gasteiger partial charge on any atom is 0.222 e. The highest BCUT2D eigenvalue weighted by Gasteiger charge is 2.55. The topological polar surface area (TPSA) is 43.4 Å². The molecule has 0 aromatic carbocycles. The fourth-order valence-electron chi connectivity index (χ4n) is 5.55. The Kier molecular flexibility index (Phi) is 2.68. The summed E-state index contributed by atoms with van der Waals surface area (Å²) in [6.07, 6.45) is 7.38. The zero-order chi connectivity index (χ0) is 13.0. The second kappa shape index (κ2) is 4.19. The molecule has 0 spiro atoms. The van der Waals surface area contributed by atoms with E-state index in [2.05, 4.69) is 4.90 Å². The second-order valence-corrected chi connectivity index (χ2v) is 7.10. The summed E-state index contributed by atoms with van der Waals surface area (Å²) in [7, 11) is 0. The van der Waals surface area contributed by atoms with Crippen LogP contribution in [0.5, 0.6) is 0 Å². The van der Waals surface area contributed by atoms with Gasteiger partial charge in [-0.3, -0.25) is 4.79 Å². The summed E-state index contributed by atoms with van der Waals surface area (Å²) in [6, 6.07) is 0.710. The van der Waals surface area contributed by atoms with Crippen LogP contribution in [0.1, 0.15) is 44.9 Å². The number of piperidine rings is 4. The van der Waals surface area contributed by atoms with Crippen LogP contribution in [0.15, 0.2) is 0 Å². The van der Waals surface area contributed by atoms with Gasteiger partial charge < -0.3 is 14.8 Å². The third-order valence-corrected chi connectivity index (χ3v) is 6.19. The van der Waals surface area contributed by atoms with E-state index in [0.717, 1.165) is 51.7 Å². The highest BCUT2D eigenvalue weighted by molar-refractivity contribution is 5.77. The molecule has 4 aliphatic rings. The zero-order valence-electron chi connectivity index (χ0n) is 11.6. The number of rotatable bonds is 0. The van der Waals surface area contributed by atoms with Gasteiger partial charge in [0, 0.05) is 30.8 Å². The molecule has 0 saturated carbocycles. The van der Waals surface area contributed by atoms with Gasteiger partial charge in [-0.2, -0.15) is 0 Å². The lowest BCUT2D eigenvalue weighted by molar-refractivity contribution is -0.925. The molecule has 4 nitrogen and oxygen atoms in total. The van der Waals surface area contributed by atoms with Crippen LogP contribution in [0.3, 0.4) is 0 Å². The molecule has 0 N–H and O–H groups in total. The molecule has 4 rings (SSSR count). The van der Waals surface area contributed by atoms with E-state index in [4.69, 9.17) is 0 Å². The van der Waals surface area contributed by atoms with Crippen LogP contribution in [-0.2, 0) is 4.79 Å². The van der Waals surface area contributed by atoms with Crippen molar-refractivity contribution < 1.29 is 9.44 Å². The van der Waals surface area contributed by atoms with Gasteiger partial charge in [-0.25, -0.2) is 0 Å². The van der Waals surface area contributed by atoms with Crippen molar-refractivity contribution >= 4 is 5.91 Å². The van der Waals surface area contributed by atoms with Gasteiger partial charge in [0.25, 0.3) is 0 Å².